The third kappa shape index (κ3) is 4.97. The Kier molecular flexibility index (Phi) is 6.83. The second-order valence-corrected chi connectivity index (χ2v) is 12.0. The highest BCUT2D eigenvalue weighted by Gasteiger charge is 2.35. The van der Waals surface area contributed by atoms with Gasteiger partial charge >= 0.3 is 0 Å². The van der Waals surface area contributed by atoms with Gasteiger partial charge in [-0.25, -0.2) is 13.4 Å². The Hall–Kier alpha value is -2.03. The Balaban J connectivity index is 1.61. The summed E-state index contributed by atoms with van der Waals surface area (Å²) in [5, 5.41) is 0.948. The lowest BCUT2D eigenvalue weighted by molar-refractivity contribution is -0.131. The molecular formula is C23H26ClN3O3S2. The van der Waals surface area contributed by atoms with Gasteiger partial charge in [0.25, 0.3) is 0 Å². The van der Waals surface area contributed by atoms with Crippen molar-refractivity contribution in [2.24, 2.45) is 0 Å². The number of rotatable bonds is 7. The number of carbonyl (C=O) groups is 1. The number of thioether (sulfide) groups is 1. The first-order valence-corrected chi connectivity index (χ1v) is 13.7. The van der Waals surface area contributed by atoms with Crippen LogP contribution >= 0.6 is 23.4 Å². The fourth-order valence-electron chi connectivity index (χ4n) is 4.15. The number of carbonyl (C=O) groups excluding carboxylic acids is 1. The zero-order valence-electron chi connectivity index (χ0n) is 18.1. The summed E-state index contributed by atoms with van der Waals surface area (Å²) in [5.41, 5.74) is 2.87. The Labute approximate surface area is 197 Å². The maximum Gasteiger partial charge on any atom is 0.236 e. The van der Waals surface area contributed by atoms with E-state index in [0.29, 0.717) is 24.5 Å². The van der Waals surface area contributed by atoms with Crippen molar-refractivity contribution in [3.63, 3.8) is 0 Å². The topological polar surface area (TPSA) is 72.3 Å². The van der Waals surface area contributed by atoms with Crippen molar-refractivity contribution in [1.82, 2.24) is 14.5 Å². The summed E-state index contributed by atoms with van der Waals surface area (Å²) in [4.78, 5) is 19.8. The number of hydrogen-bond acceptors (Lipinski definition) is 5. The van der Waals surface area contributed by atoms with Gasteiger partial charge in [-0.1, -0.05) is 53.7 Å². The van der Waals surface area contributed by atoms with Crippen LogP contribution in [-0.2, 0) is 21.2 Å². The molecule has 0 radical (unpaired) electrons. The zero-order valence-corrected chi connectivity index (χ0v) is 20.5. The van der Waals surface area contributed by atoms with E-state index in [-0.39, 0.29) is 23.5 Å². The number of imidazole rings is 1. The molecule has 1 aliphatic heterocycles. The molecule has 0 N–H and O–H groups in total. The minimum absolute atomic E-state index is 0.0506. The average molecular weight is 492 g/mol. The van der Waals surface area contributed by atoms with Crippen LogP contribution in [0, 0.1) is 0 Å². The van der Waals surface area contributed by atoms with Gasteiger partial charge in [0.15, 0.2) is 15.0 Å². The van der Waals surface area contributed by atoms with E-state index in [1.54, 1.807) is 4.90 Å². The molecule has 0 bridgehead atoms. The number of halogens is 1. The summed E-state index contributed by atoms with van der Waals surface area (Å²) in [5.74, 6) is 0.141. The van der Waals surface area contributed by atoms with Gasteiger partial charge in [-0.15, -0.1) is 0 Å². The van der Waals surface area contributed by atoms with E-state index in [9.17, 15) is 13.2 Å². The van der Waals surface area contributed by atoms with Crippen LogP contribution in [-0.4, -0.2) is 58.1 Å². The molecule has 0 aliphatic carbocycles. The number of hydrogen-bond donors (Lipinski definition) is 0. The van der Waals surface area contributed by atoms with Gasteiger partial charge in [0.2, 0.25) is 5.91 Å². The normalized spacial score (nSPS) is 18.7. The predicted molar refractivity (Wildman–Crippen MR) is 130 cm³/mol. The van der Waals surface area contributed by atoms with Crippen molar-refractivity contribution in [1.29, 1.82) is 0 Å². The first kappa shape index (κ1) is 23.1. The van der Waals surface area contributed by atoms with Crippen LogP contribution in [0.15, 0.2) is 53.7 Å². The molecule has 2 heterocycles. The molecule has 4 rings (SSSR count). The number of sulfone groups is 1. The maximum atomic E-state index is 13.3. The van der Waals surface area contributed by atoms with E-state index in [2.05, 4.69) is 16.7 Å². The molecule has 2 atom stereocenters. The smallest absolute Gasteiger partial charge is 0.236 e. The molecule has 0 saturated carbocycles. The first-order valence-electron chi connectivity index (χ1n) is 10.6. The second-order valence-electron chi connectivity index (χ2n) is 8.04. The first-order chi connectivity index (χ1) is 15.3. The minimum Gasteiger partial charge on any atom is -0.338 e. The fourth-order valence-corrected chi connectivity index (χ4v) is 7.04. The SMILES string of the molecule is CCN(C(=O)C(C)Sc1nc2cc(Cl)ccc2n1Cc1ccccc1)C1CCS(=O)(=O)C1. The van der Waals surface area contributed by atoms with Crippen LogP contribution in [0.25, 0.3) is 11.0 Å². The molecule has 170 valence electrons. The van der Waals surface area contributed by atoms with Gasteiger partial charge in [0, 0.05) is 17.6 Å². The van der Waals surface area contributed by atoms with E-state index >= 15 is 0 Å². The molecule has 2 unspecified atom stereocenters. The van der Waals surface area contributed by atoms with Gasteiger partial charge in [-0.3, -0.25) is 4.79 Å². The molecule has 0 spiro atoms. The number of aromatic nitrogens is 2. The molecule has 32 heavy (non-hydrogen) atoms. The lowest BCUT2D eigenvalue weighted by Crippen LogP contribution is -2.44. The van der Waals surface area contributed by atoms with E-state index in [1.807, 2.05) is 50.2 Å². The average Bonchev–Trinajstić information content (AvgIpc) is 3.28. The molecule has 1 aromatic heterocycles. The highest BCUT2D eigenvalue weighted by Crippen LogP contribution is 2.31. The molecule has 1 aliphatic rings. The summed E-state index contributed by atoms with van der Waals surface area (Å²) in [6, 6.07) is 15.5. The maximum absolute atomic E-state index is 13.3. The van der Waals surface area contributed by atoms with E-state index in [0.717, 1.165) is 21.8 Å². The van der Waals surface area contributed by atoms with Crippen molar-refractivity contribution in [3.05, 3.63) is 59.1 Å². The Morgan fingerprint density at radius 1 is 1.28 bits per heavy atom. The number of benzene rings is 2. The van der Waals surface area contributed by atoms with E-state index < -0.39 is 15.1 Å². The number of fused-ring (bicyclic) bond motifs is 1. The van der Waals surface area contributed by atoms with Crippen molar-refractivity contribution in [2.75, 3.05) is 18.1 Å². The van der Waals surface area contributed by atoms with Crippen LogP contribution in [0.2, 0.25) is 5.02 Å². The number of nitrogens with zero attached hydrogens (tertiary/aromatic N) is 3. The Morgan fingerprint density at radius 3 is 2.69 bits per heavy atom. The molecule has 1 fully saturated rings. The monoisotopic (exact) mass is 491 g/mol. The van der Waals surface area contributed by atoms with Gasteiger partial charge in [-0.05, 0) is 44.0 Å². The fraction of sp³-hybridized carbons (Fsp3) is 0.391. The van der Waals surface area contributed by atoms with Crippen molar-refractivity contribution < 1.29 is 13.2 Å². The molecule has 2 aromatic carbocycles. The van der Waals surface area contributed by atoms with E-state index in [4.69, 9.17) is 16.6 Å². The summed E-state index contributed by atoms with van der Waals surface area (Å²) in [6.07, 6.45) is 0.504. The molecule has 6 nitrogen and oxygen atoms in total. The molecular weight excluding hydrogens is 466 g/mol. The molecule has 1 amide bonds. The van der Waals surface area contributed by atoms with E-state index in [1.165, 1.54) is 11.8 Å². The van der Waals surface area contributed by atoms with Crippen LogP contribution in [0.4, 0.5) is 0 Å². The quantitative estimate of drug-likeness (QED) is 0.462. The summed E-state index contributed by atoms with van der Waals surface area (Å²) in [7, 11) is -3.06. The summed E-state index contributed by atoms with van der Waals surface area (Å²) in [6.45, 7) is 4.87. The predicted octanol–water partition coefficient (Wildman–Crippen LogP) is 4.25. The lowest BCUT2D eigenvalue weighted by atomic mass is 10.2. The van der Waals surface area contributed by atoms with Gasteiger partial charge in [0.05, 0.1) is 34.3 Å². The van der Waals surface area contributed by atoms with Crippen molar-refractivity contribution >= 4 is 50.1 Å². The van der Waals surface area contributed by atoms with Gasteiger partial charge in [0.1, 0.15) is 0 Å². The standard InChI is InChI=1S/C23H26ClN3O3S2/c1-3-26(19-11-12-32(29,30)15-19)22(28)16(2)31-23-25-20-13-18(24)9-10-21(20)27(23)14-17-7-5-4-6-8-17/h4-10,13,16,19H,3,11-12,14-15H2,1-2H3. The third-order valence-corrected chi connectivity index (χ3v) is 8.82. The molecule has 3 aromatic rings. The van der Waals surface area contributed by atoms with Gasteiger partial charge < -0.3 is 9.47 Å². The van der Waals surface area contributed by atoms with Crippen LogP contribution in [0.1, 0.15) is 25.8 Å². The summed E-state index contributed by atoms with van der Waals surface area (Å²) >= 11 is 7.59. The lowest BCUT2D eigenvalue weighted by Gasteiger charge is -2.29. The van der Waals surface area contributed by atoms with Gasteiger partial charge in [-0.2, -0.15) is 0 Å². The molecule has 1 saturated heterocycles. The number of amides is 1. The zero-order chi connectivity index (χ0) is 22.9. The summed E-state index contributed by atoms with van der Waals surface area (Å²) < 4.78 is 25.9. The largest absolute Gasteiger partial charge is 0.338 e. The second kappa shape index (κ2) is 9.45. The molecule has 9 heteroatoms. The Bertz CT molecular complexity index is 1230. The van der Waals surface area contributed by atoms with Crippen LogP contribution < -0.4 is 0 Å². The van der Waals surface area contributed by atoms with Crippen LogP contribution in [0.5, 0.6) is 0 Å². The Morgan fingerprint density at radius 2 is 2.03 bits per heavy atom. The minimum atomic E-state index is -3.06. The third-order valence-electron chi connectivity index (χ3n) is 5.76. The van der Waals surface area contributed by atoms with Crippen molar-refractivity contribution in [3.8, 4) is 0 Å². The van der Waals surface area contributed by atoms with Crippen molar-refractivity contribution in [2.45, 2.75) is 43.3 Å². The highest BCUT2D eigenvalue weighted by atomic mass is 35.5. The van der Waals surface area contributed by atoms with Crippen LogP contribution in [0.3, 0.4) is 0 Å². The highest BCUT2D eigenvalue weighted by molar-refractivity contribution is 8.00.